The van der Waals surface area contributed by atoms with E-state index < -0.39 is 16.0 Å². The lowest BCUT2D eigenvalue weighted by molar-refractivity contribution is -0.136. The number of halogens is 1. The molecule has 0 saturated carbocycles. The first-order valence-corrected chi connectivity index (χ1v) is 11.7. The molecule has 30 heavy (non-hydrogen) atoms. The first-order valence-electron chi connectivity index (χ1n) is 9.89. The molecule has 4 rings (SSSR count). The highest BCUT2D eigenvalue weighted by Crippen LogP contribution is 2.37. The van der Waals surface area contributed by atoms with Crippen molar-refractivity contribution in [1.29, 1.82) is 0 Å². The third-order valence-electron chi connectivity index (χ3n) is 5.68. The molecule has 1 aliphatic rings. The van der Waals surface area contributed by atoms with Gasteiger partial charge in [0.1, 0.15) is 4.90 Å². The first-order chi connectivity index (χ1) is 14.3. The van der Waals surface area contributed by atoms with Crippen LogP contribution in [0, 0.1) is 0 Å². The van der Waals surface area contributed by atoms with Crippen molar-refractivity contribution >= 4 is 38.5 Å². The number of carboxylic acids is 1. The number of piperidine rings is 1. The number of sulfonamides is 1. The summed E-state index contributed by atoms with van der Waals surface area (Å²) in [6, 6.07) is 12.5. The van der Waals surface area contributed by atoms with Crippen molar-refractivity contribution in [3.8, 4) is 11.3 Å². The number of hydrogen-bond acceptors (Lipinski definition) is 3. The van der Waals surface area contributed by atoms with Crippen molar-refractivity contribution in [3.63, 3.8) is 0 Å². The number of carboxylic acid groups (broad SMARTS) is 1. The Bertz CT molecular complexity index is 1230. The molecular weight excluding hydrogens is 424 g/mol. The van der Waals surface area contributed by atoms with Crippen LogP contribution >= 0.6 is 11.6 Å². The zero-order valence-electron chi connectivity index (χ0n) is 16.6. The summed E-state index contributed by atoms with van der Waals surface area (Å²) < 4.78 is 29.9. The second kappa shape index (κ2) is 8.06. The van der Waals surface area contributed by atoms with Crippen LogP contribution in [0.3, 0.4) is 0 Å². The lowest BCUT2D eigenvalue weighted by Crippen LogP contribution is -2.35. The van der Waals surface area contributed by atoms with Crippen LogP contribution in [-0.2, 0) is 28.3 Å². The Hall–Kier alpha value is -2.35. The van der Waals surface area contributed by atoms with Crippen LogP contribution < -0.4 is 0 Å². The summed E-state index contributed by atoms with van der Waals surface area (Å²) in [4.78, 5) is 11.6. The van der Waals surface area contributed by atoms with Crippen LogP contribution in [0.2, 0.25) is 5.02 Å². The number of fused-ring (bicyclic) bond motifs is 1. The Morgan fingerprint density at radius 3 is 2.50 bits per heavy atom. The minimum atomic E-state index is -3.73. The molecular formula is C22H23ClN2O4S. The predicted octanol–water partition coefficient (Wildman–Crippen LogP) is 4.30. The van der Waals surface area contributed by atoms with Crippen LogP contribution in [0.5, 0.6) is 0 Å². The third kappa shape index (κ3) is 3.62. The lowest BCUT2D eigenvalue weighted by atomic mass is 10.0. The SMILES string of the molecule is Cn1c(-c2ccc(Cl)c(S(=O)(=O)N3CCCCC3)c2)c(CC(=O)O)c2ccccc21. The van der Waals surface area contributed by atoms with Gasteiger partial charge in [0.2, 0.25) is 10.0 Å². The zero-order chi connectivity index (χ0) is 21.5. The number of rotatable bonds is 5. The topological polar surface area (TPSA) is 79.6 Å². The average Bonchev–Trinajstić information content (AvgIpc) is 3.00. The molecule has 1 fully saturated rings. The van der Waals surface area contributed by atoms with Crippen molar-refractivity contribution in [2.24, 2.45) is 7.05 Å². The van der Waals surface area contributed by atoms with Gasteiger partial charge in [0.25, 0.3) is 0 Å². The number of aliphatic carboxylic acids is 1. The van der Waals surface area contributed by atoms with Gasteiger partial charge in [-0.2, -0.15) is 4.31 Å². The fourth-order valence-corrected chi connectivity index (χ4v) is 6.28. The highest BCUT2D eigenvalue weighted by atomic mass is 35.5. The van der Waals surface area contributed by atoms with E-state index in [2.05, 4.69) is 0 Å². The van der Waals surface area contributed by atoms with E-state index in [-0.39, 0.29) is 16.3 Å². The summed E-state index contributed by atoms with van der Waals surface area (Å²) in [6.07, 6.45) is 2.53. The monoisotopic (exact) mass is 446 g/mol. The van der Waals surface area contributed by atoms with Gasteiger partial charge in [0, 0.05) is 31.0 Å². The molecule has 2 aromatic carbocycles. The van der Waals surface area contributed by atoms with Gasteiger partial charge in [-0.15, -0.1) is 0 Å². The Morgan fingerprint density at radius 1 is 1.10 bits per heavy atom. The number of aryl methyl sites for hydroxylation is 1. The number of benzene rings is 2. The fourth-order valence-electron chi connectivity index (χ4n) is 4.26. The van der Waals surface area contributed by atoms with Crippen molar-refractivity contribution in [1.82, 2.24) is 8.87 Å². The van der Waals surface area contributed by atoms with Crippen LogP contribution in [0.1, 0.15) is 24.8 Å². The van der Waals surface area contributed by atoms with Crippen molar-refractivity contribution in [2.75, 3.05) is 13.1 Å². The van der Waals surface area contributed by atoms with E-state index >= 15 is 0 Å². The summed E-state index contributed by atoms with van der Waals surface area (Å²) in [7, 11) is -1.87. The molecule has 158 valence electrons. The molecule has 2 heterocycles. The van der Waals surface area contributed by atoms with Crippen molar-refractivity contribution in [3.05, 3.63) is 53.1 Å². The summed E-state index contributed by atoms with van der Waals surface area (Å²) in [5, 5.41) is 10.5. The van der Waals surface area contributed by atoms with E-state index in [1.165, 1.54) is 4.31 Å². The van der Waals surface area contributed by atoms with Gasteiger partial charge in [-0.25, -0.2) is 8.42 Å². The molecule has 3 aromatic rings. The van der Waals surface area contributed by atoms with Crippen LogP contribution in [0.25, 0.3) is 22.2 Å². The molecule has 0 bridgehead atoms. The molecule has 0 aliphatic carbocycles. The Labute approximate surface area is 180 Å². The highest BCUT2D eigenvalue weighted by molar-refractivity contribution is 7.89. The van der Waals surface area contributed by atoms with Crippen LogP contribution in [0.15, 0.2) is 47.4 Å². The largest absolute Gasteiger partial charge is 0.481 e. The molecule has 6 nitrogen and oxygen atoms in total. The van der Waals surface area contributed by atoms with Crippen LogP contribution in [-0.4, -0.2) is 41.5 Å². The second-order valence-electron chi connectivity index (χ2n) is 7.58. The van der Waals surface area contributed by atoms with E-state index in [4.69, 9.17) is 11.6 Å². The van der Waals surface area contributed by atoms with Crippen molar-refractivity contribution in [2.45, 2.75) is 30.6 Å². The fraction of sp³-hybridized carbons (Fsp3) is 0.318. The Kier molecular flexibility index (Phi) is 5.61. The molecule has 0 atom stereocenters. The van der Waals surface area contributed by atoms with Crippen molar-refractivity contribution < 1.29 is 18.3 Å². The summed E-state index contributed by atoms with van der Waals surface area (Å²) in [5.74, 6) is -0.942. The number of carbonyl (C=O) groups is 1. The molecule has 1 N–H and O–H groups in total. The second-order valence-corrected chi connectivity index (χ2v) is 9.90. The third-order valence-corrected chi connectivity index (χ3v) is 8.06. The number of nitrogens with zero attached hydrogens (tertiary/aromatic N) is 2. The van der Waals surface area contributed by atoms with Gasteiger partial charge in [0.15, 0.2) is 0 Å². The van der Waals surface area contributed by atoms with Gasteiger partial charge in [0.05, 0.1) is 17.1 Å². The van der Waals surface area contributed by atoms with E-state index in [0.717, 1.165) is 30.2 Å². The number of aromatic nitrogens is 1. The number of para-hydroxylation sites is 1. The highest BCUT2D eigenvalue weighted by Gasteiger charge is 2.29. The van der Waals surface area contributed by atoms with Gasteiger partial charge in [-0.05, 0) is 42.2 Å². The van der Waals surface area contributed by atoms with E-state index in [1.54, 1.807) is 18.2 Å². The van der Waals surface area contributed by atoms with Gasteiger partial charge >= 0.3 is 5.97 Å². The molecule has 0 amide bonds. The standard InChI is InChI=1S/C22H23ClN2O4S/c1-24-19-8-4-3-7-16(19)17(14-21(26)27)22(24)15-9-10-18(23)20(13-15)30(28,29)25-11-5-2-6-12-25/h3-4,7-10,13H,2,5-6,11-12,14H2,1H3,(H,26,27). The molecule has 0 radical (unpaired) electrons. The lowest BCUT2D eigenvalue weighted by Gasteiger charge is -2.26. The van der Waals surface area contributed by atoms with E-state index in [9.17, 15) is 18.3 Å². The zero-order valence-corrected chi connectivity index (χ0v) is 18.2. The van der Waals surface area contributed by atoms with Gasteiger partial charge in [-0.3, -0.25) is 4.79 Å². The quantitative estimate of drug-likeness (QED) is 0.633. The minimum absolute atomic E-state index is 0.0649. The summed E-state index contributed by atoms with van der Waals surface area (Å²) in [5.41, 5.74) is 2.86. The Balaban J connectivity index is 1.90. The molecule has 0 spiro atoms. The minimum Gasteiger partial charge on any atom is -0.481 e. The van der Waals surface area contributed by atoms with E-state index in [1.807, 2.05) is 35.9 Å². The smallest absolute Gasteiger partial charge is 0.307 e. The predicted molar refractivity (Wildman–Crippen MR) is 117 cm³/mol. The van der Waals surface area contributed by atoms with E-state index in [0.29, 0.717) is 29.9 Å². The first kappa shape index (κ1) is 20.9. The average molecular weight is 447 g/mol. The maximum atomic E-state index is 13.3. The van der Waals surface area contributed by atoms with Gasteiger partial charge in [-0.1, -0.05) is 42.3 Å². The molecule has 1 aliphatic heterocycles. The normalized spacial score (nSPS) is 15.5. The molecule has 0 unspecified atom stereocenters. The summed E-state index contributed by atoms with van der Waals surface area (Å²) in [6.45, 7) is 0.975. The number of hydrogen-bond donors (Lipinski definition) is 1. The van der Waals surface area contributed by atoms with Crippen LogP contribution in [0.4, 0.5) is 0 Å². The molecule has 8 heteroatoms. The van der Waals surface area contributed by atoms with Gasteiger partial charge < -0.3 is 9.67 Å². The Morgan fingerprint density at radius 2 is 1.80 bits per heavy atom. The summed E-state index contributed by atoms with van der Waals surface area (Å²) >= 11 is 6.32. The molecule has 1 aromatic heterocycles. The maximum Gasteiger partial charge on any atom is 0.307 e. The maximum absolute atomic E-state index is 13.3. The molecule has 1 saturated heterocycles.